The predicted octanol–water partition coefficient (Wildman–Crippen LogP) is 3.71. The second kappa shape index (κ2) is 8.36. The Morgan fingerprint density at radius 3 is 2.68 bits per heavy atom. The first-order valence-electron chi connectivity index (χ1n) is 9.30. The quantitative estimate of drug-likeness (QED) is 0.610. The van der Waals surface area contributed by atoms with E-state index in [0.29, 0.717) is 0 Å². The minimum Gasteiger partial charge on any atom is -0.346 e. The highest BCUT2D eigenvalue weighted by Gasteiger charge is 2.21. The van der Waals surface area contributed by atoms with Crippen molar-refractivity contribution in [3.8, 4) is 5.69 Å². The molecule has 146 valence electrons. The summed E-state index contributed by atoms with van der Waals surface area (Å²) in [5, 5.41) is 4.07. The fourth-order valence-electron chi connectivity index (χ4n) is 3.38. The molecule has 4 rings (SSSR count). The highest BCUT2D eigenvalue weighted by atomic mass is 32.2. The smallest absolute Gasteiger partial charge is 0.253 e. The van der Waals surface area contributed by atoms with Gasteiger partial charge in [0, 0.05) is 55.2 Å². The van der Waals surface area contributed by atoms with E-state index in [1.165, 1.54) is 0 Å². The predicted molar refractivity (Wildman–Crippen MR) is 115 cm³/mol. The molecule has 6 nitrogen and oxygen atoms in total. The summed E-state index contributed by atoms with van der Waals surface area (Å²) in [5.41, 5.74) is 2.80. The van der Waals surface area contributed by atoms with E-state index in [0.717, 1.165) is 59.8 Å². The molecule has 0 N–H and O–H groups in total. The van der Waals surface area contributed by atoms with Crippen molar-refractivity contribution in [2.75, 3.05) is 37.3 Å². The molecule has 1 aliphatic rings. The van der Waals surface area contributed by atoms with Crippen LogP contribution in [0.5, 0.6) is 0 Å². The van der Waals surface area contributed by atoms with E-state index in [9.17, 15) is 4.79 Å². The van der Waals surface area contributed by atoms with Crippen LogP contribution in [-0.4, -0.2) is 57.8 Å². The lowest BCUT2D eigenvalue weighted by Crippen LogP contribution is -2.35. The van der Waals surface area contributed by atoms with Gasteiger partial charge in [-0.2, -0.15) is 0 Å². The standard InChI is InChI=1S/C20H23N5OS2/c1-15-14-28-20(22-15)24-10-3-9-23(12-13-24)18(26)16-4-6-17(7-5-16)25-11-8-21-19(25)27-2/h4-8,11,14H,3,9-10,12-13H2,1-2H3. The van der Waals surface area contributed by atoms with Gasteiger partial charge in [-0.3, -0.25) is 9.36 Å². The van der Waals surface area contributed by atoms with E-state index in [2.05, 4.69) is 20.2 Å². The maximum Gasteiger partial charge on any atom is 0.253 e. The molecular formula is C20H23N5OS2. The Hall–Kier alpha value is -2.32. The summed E-state index contributed by atoms with van der Waals surface area (Å²) in [6.45, 7) is 5.27. The van der Waals surface area contributed by atoms with E-state index in [4.69, 9.17) is 0 Å². The first kappa shape index (κ1) is 19.0. The topological polar surface area (TPSA) is 54.3 Å². The van der Waals surface area contributed by atoms with Gasteiger partial charge in [-0.25, -0.2) is 9.97 Å². The summed E-state index contributed by atoms with van der Waals surface area (Å²) in [6.07, 6.45) is 6.69. The number of anilines is 1. The van der Waals surface area contributed by atoms with Gasteiger partial charge in [-0.1, -0.05) is 11.8 Å². The molecule has 1 saturated heterocycles. The van der Waals surface area contributed by atoms with Gasteiger partial charge in [0.25, 0.3) is 5.91 Å². The molecule has 0 spiro atoms. The molecule has 0 radical (unpaired) electrons. The minimum absolute atomic E-state index is 0.0967. The number of carbonyl (C=O) groups excluding carboxylic acids is 1. The Bertz CT molecular complexity index is 950. The van der Waals surface area contributed by atoms with E-state index >= 15 is 0 Å². The van der Waals surface area contributed by atoms with Crippen LogP contribution in [0.1, 0.15) is 22.5 Å². The second-order valence-electron chi connectivity index (χ2n) is 6.74. The third kappa shape index (κ3) is 3.93. The monoisotopic (exact) mass is 413 g/mol. The van der Waals surface area contributed by atoms with Crippen molar-refractivity contribution in [1.82, 2.24) is 19.4 Å². The largest absolute Gasteiger partial charge is 0.346 e. The van der Waals surface area contributed by atoms with Gasteiger partial charge in [0.05, 0.1) is 5.69 Å². The summed E-state index contributed by atoms with van der Waals surface area (Å²) in [7, 11) is 0. The van der Waals surface area contributed by atoms with Gasteiger partial charge in [0.2, 0.25) is 0 Å². The van der Waals surface area contributed by atoms with Crippen molar-refractivity contribution in [2.45, 2.75) is 18.5 Å². The molecule has 0 unspecified atom stereocenters. The molecule has 1 aliphatic heterocycles. The number of carbonyl (C=O) groups is 1. The van der Waals surface area contributed by atoms with Gasteiger partial charge in [0.15, 0.2) is 10.3 Å². The Kier molecular flexibility index (Phi) is 5.68. The van der Waals surface area contributed by atoms with Crippen LogP contribution in [0.25, 0.3) is 5.69 Å². The van der Waals surface area contributed by atoms with Crippen molar-refractivity contribution in [1.29, 1.82) is 0 Å². The summed E-state index contributed by atoms with van der Waals surface area (Å²) in [4.78, 5) is 26.2. The number of benzene rings is 1. The molecule has 1 aromatic carbocycles. The van der Waals surface area contributed by atoms with E-state index in [1.807, 2.05) is 53.1 Å². The lowest BCUT2D eigenvalue weighted by molar-refractivity contribution is 0.0767. The van der Waals surface area contributed by atoms with Crippen LogP contribution in [0.3, 0.4) is 0 Å². The van der Waals surface area contributed by atoms with E-state index in [-0.39, 0.29) is 5.91 Å². The molecule has 8 heteroatoms. The van der Waals surface area contributed by atoms with Gasteiger partial charge in [-0.15, -0.1) is 11.3 Å². The van der Waals surface area contributed by atoms with Gasteiger partial charge in [0.1, 0.15) is 0 Å². The number of aryl methyl sites for hydroxylation is 1. The summed E-state index contributed by atoms with van der Waals surface area (Å²) < 4.78 is 2.03. The van der Waals surface area contributed by atoms with Crippen molar-refractivity contribution in [3.05, 3.63) is 53.3 Å². The van der Waals surface area contributed by atoms with E-state index < -0.39 is 0 Å². The summed E-state index contributed by atoms with van der Waals surface area (Å²) in [5.74, 6) is 0.0967. The molecule has 0 bridgehead atoms. The zero-order valence-electron chi connectivity index (χ0n) is 16.0. The Morgan fingerprint density at radius 2 is 1.96 bits per heavy atom. The van der Waals surface area contributed by atoms with Crippen molar-refractivity contribution >= 4 is 34.1 Å². The second-order valence-corrected chi connectivity index (χ2v) is 8.35. The van der Waals surface area contributed by atoms with Crippen LogP contribution in [0, 0.1) is 6.92 Å². The highest BCUT2D eigenvalue weighted by Crippen LogP contribution is 2.22. The number of hydrogen-bond donors (Lipinski definition) is 0. The SMILES string of the molecule is CSc1nccn1-c1ccc(C(=O)N2CCCN(c3nc(C)cs3)CC2)cc1. The third-order valence-corrected chi connectivity index (χ3v) is 6.53. The average molecular weight is 414 g/mol. The molecule has 0 atom stereocenters. The lowest BCUT2D eigenvalue weighted by Gasteiger charge is -2.22. The molecule has 28 heavy (non-hydrogen) atoms. The molecule has 3 aromatic rings. The fourth-order valence-corrected chi connectivity index (χ4v) is 4.77. The third-order valence-electron chi connectivity index (χ3n) is 4.84. The van der Waals surface area contributed by atoms with Crippen LogP contribution in [0.15, 0.2) is 47.2 Å². The van der Waals surface area contributed by atoms with Gasteiger partial charge < -0.3 is 9.80 Å². The summed E-state index contributed by atoms with van der Waals surface area (Å²) in [6, 6.07) is 7.79. The van der Waals surface area contributed by atoms with Gasteiger partial charge >= 0.3 is 0 Å². The van der Waals surface area contributed by atoms with Crippen molar-refractivity contribution < 1.29 is 4.79 Å². The molecule has 0 aliphatic carbocycles. The number of imidazole rings is 1. The first-order chi connectivity index (χ1) is 13.7. The highest BCUT2D eigenvalue weighted by molar-refractivity contribution is 7.98. The van der Waals surface area contributed by atoms with Crippen LogP contribution in [-0.2, 0) is 0 Å². The van der Waals surface area contributed by atoms with Crippen LogP contribution < -0.4 is 4.90 Å². The fraction of sp³-hybridized carbons (Fsp3) is 0.350. The number of thioether (sulfide) groups is 1. The van der Waals surface area contributed by atoms with Crippen LogP contribution >= 0.6 is 23.1 Å². The number of hydrogen-bond acceptors (Lipinski definition) is 6. The van der Waals surface area contributed by atoms with Crippen molar-refractivity contribution in [2.24, 2.45) is 0 Å². The first-order valence-corrected chi connectivity index (χ1v) is 11.4. The number of nitrogens with zero attached hydrogens (tertiary/aromatic N) is 5. The van der Waals surface area contributed by atoms with Gasteiger partial charge in [-0.05, 0) is 43.9 Å². The molecule has 3 heterocycles. The molecule has 1 amide bonds. The summed E-state index contributed by atoms with van der Waals surface area (Å²) >= 11 is 3.28. The number of rotatable bonds is 4. The zero-order chi connectivity index (χ0) is 19.5. The molecule has 1 fully saturated rings. The Labute approximate surface area is 173 Å². The normalized spacial score (nSPS) is 14.9. The van der Waals surface area contributed by atoms with Crippen LogP contribution in [0.2, 0.25) is 0 Å². The van der Waals surface area contributed by atoms with E-state index in [1.54, 1.807) is 29.3 Å². The Balaban J connectivity index is 1.44. The molecule has 2 aromatic heterocycles. The molecule has 0 saturated carbocycles. The zero-order valence-corrected chi connectivity index (χ0v) is 17.7. The number of aromatic nitrogens is 3. The van der Waals surface area contributed by atoms with Crippen molar-refractivity contribution in [3.63, 3.8) is 0 Å². The maximum atomic E-state index is 13.0. The number of thiazole rings is 1. The lowest BCUT2D eigenvalue weighted by atomic mass is 10.1. The average Bonchev–Trinajstić information content (AvgIpc) is 3.30. The Morgan fingerprint density at radius 1 is 1.14 bits per heavy atom. The minimum atomic E-state index is 0.0967. The number of amides is 1. The van der Waals surface area contributed by atoms with Crippen LogP contribution in [0.4, 0.5) is 5.13 Å². The maximum absolute atomic E-state index is 13.0. The molecular weight excluding hydrogens is 390 g/mol.